The van der Waals surface area contributed by atoms with E-state index in [1.807, 2.05) is 0 Å². The number of ether oxygens (including phenoxy) is 2. The number of carbonyl (C=O) groups is 11. The third-order valence-corrected chi connectivity index (χ3v) is 4.09. The number of hydrogen-bond donors (Lipinski definition) is 13. The second-order valence-corrected chi connectivity index (χ2v) is 10.1. The maximum absolute atomic E-state index is 10.6. The molecule has 0 radical (unpaired) electrons. The van der Waals surface area contributed by atoms with E-state index in [1.54, 1.807) is 0 Å². The van der Waals surface area contributed by atoms with Crippen molar-refractivity contribution in [2.75, 3.05) is 98.5 Å². The lowest BCUT2D eigenvalue weighted by Crippen LogP contribution is -2.38. The van der Waals surface area contributed by atoms with Gasteiger partial charge >= 0.3 is 41.8 Å². The summed E-state index contributed by atoms with van der Waals surface area (Å²) in [4.78, 5) is 112. The molecule has 0 spiro atoms. The predicted octanol–water partition coefficient (Wildman–Crippen LogP) is -4.16. The minimum atomic E-state index is -1.26. The van der Waals surface area contributed by atoms with E-state index in [0.29, 0.717) is 0 Å². The number of nitrogens with zero attached hydrogens (tertiary/aromatic N) is 3. The van der Waals surface area contributed by atoms with Crippen molar-refractivity contribution < 1.29 is 129 Å². The van der Waals surface area contributed by atoms with E-state index in [0.717, 1.165) is 32.6 Å². The van der Waals surface area contributed by atoms with Gasteiger partial charge in [-0.25, -0.2) is 0 Å². The number of aliphatic carboxylic acids is 11. The van der Waals surface area contributed by atoms with Gasteiger partial charge in [0.2, 0.25) is 0 Å². The summed E-state index contributed by atoms with van der Waals surface area (Å²) in [7, 11) is 0. The molecule has 0 aromatic rings. The molecule has 0 bridgehead atoms. The summed E-state index contributed by atoms with van der Waals surface area (Å²) in [6, 6.07) is 0. The number of hydrogen-bond acceptors (Lipinski definition) is 18. The fraction of sp³-hybridized carbons (Fsp3) is 0.633. The summed E-state index contributed by atoms with van der Waals surface area (Å²) in [5.41, 5.74) is 0. The second kappa shape index (κ2) is 48.0. The first-order valence-electron chi connectivity index (χ1n) is 15.8. The maximum Gasteiger partial charge on any atom is 0.317 e. The van der Waals surface area contributed by atoms with Crippen molar-refractivity contribution in [3.63, 3.8) is 0 Å². The monoisotopic (exact) mass is 873 g/mol. The molecule has 59 heavy (non-hydrogen) atoms. The van der Waals surface area contributed by atoms with Crippen LogP contribution < -0.4 is 0 Å². The number of rotatable bonds is 24. The fourth-order valence-electron chi connectivity index (χ4n) is 2.64. The van der Waals surface area contributed by atoms with Crippen LogP contribution in [0.3, 0.4) is 0 Å². The SMILES string of the molecule is CC(=O)O.CC(=O)O.CC(=O)O.CC(=O)O.O=C(O)CN(CC(=O)O)CC(=O)O.O=C(O)CN(CCOCCOCCN(CC(=O)O)CC(=O)O)CC(=O)O.OCCO. The van der Waals surface area contributed by atoms with Crippen LogP contribution in [-0.4, -0.2) is 245 Å². The molecule has 0 saturated heterocycles. The summed E-state index contributed by atoms with van der Waals surface area (Å²) in [6.07, 6.45) is 0. The molecule has 13 N–H and O–H groups in total. The van der Waals surface area contributed by atoms with Gasteiger partial charge in [-0.15, -0.1) is 0 Å². The fourth-order valence-corrected chi connectivity index (χ4v) is 2.64. The third-order valence-electron chi connectivity index (χ3n) is 4.09. The van der Waals surface area contributed by atoms with Gasteiger partial charge in [0.05, 0.1) is 85.5 Å². The van der Waals surface area contributed by atoms with Crippen LogP contribution in [0.2, 0.25) is 0 Å². The summed E-state index contributed by atoms with van der Waals surface area (Å²) >= 11 is 0. The van der Waals surface area contributed by atoms with E-state index in [2.05, 4.69) is 0 Å². The summed E-state index contributed by atoms with van der Waals surface area (Å²) in [5.74, 6) is -11.7. The van der Waals surface area contributed by atoms with E-state index in [-0.39, 0.29) is 52.7 Å². The van der Waals surface area contributed by atoms with Crippen LogP contribution in [0.15, 0.2) is 0 Å². The zero-order valence-corrected chi connectivity index (χ0v) is 32.6. The Bertz CT molecular complexity index is 1050. The molecule has 29 nitrogen and oxygen atoms in total. The van der Waals surface area contributed by atoms with Gasteiger partial charge in [0, 0.05) is 40.8 Å². The molecule has 346 valence electrons. The highest BCUT2D eigenvalue weighted by atomic mass is 16.5. The number of carboxylic acids is 11. The van der Waals surface area contributed by atoms with E-state index in [4.69, 9.17) is 95.0 Å². The van der Waals surface area contributed by atoms with Crippen molar-refractivity contribution in [1.29, 1.82) is 0 Å². The van der Waals surface area contributed by atoms with Crippen molar-refractivity contribution in [2.45, 2.75) is 27.7 Å². The Labute approximate surface area is 335 Å². The predicted molar refractivity (Wildman–Crippen MR) is 192 cm³/mol. The van der Waals surface area contributed by atoms with Crippen molar-refractivity contribution in [3.8, 4) is 0 Å². The van der Waals surface area contributed by atoms with Crippen molar-refractivity contribution in [2.24, 2.45) is 0 Å². The molecule has 0 aliphatic rings. The Balaban J connectivity index is -0.000000134. The number of aliphatic hydroxyl groups excluding tert-OH is 2. The van der Waals surface area contributed by atoms with Crippen molar-refractivity contribution in [1.82, 2.24) is 14.7 Å². The lowest BCUT2D eigenvalue weighted by atomic mass is 10.4. The van der Waals surface area contributed by atoms with Gasteiger partial charge in [0.25, 0.3) is 23.9 Å². The first-order chi connectivity index (χ1) is 27.0. The molecule has 0 aliphatic heterocycles. The minimum Gasteiger partial charge on any atom is -0.481 e. The zero-order valence-electron chi connectivity index (χ0n) is 32.6. The molecule has 0 amide bonds. The Morgan fingerprint density at radius 1 is 0.322 bits per heavy atom. The highest BCUT2D eigenvalue weighted by Crippen LogP contribution is 1.92. The van der Waals surface area contributed by atoms with Crippen LogP contribution >= 0.6 is 0 Å². The molecule has 0 aromatic carbocycles. The summed E-state index contributed by atoms with van der Waals surface area (Å²) < 4.78 is 10.4. The second-order valence-electron chi connectivity index (χ2n) is 10.1. The zero-order chi connectivity index (χ0) is 48.1. The molecule has 0 heterocycles. The molecule has 0 aliphatic carbocycles. The van der Waals surface area contributed by atoms with Crippen molar-refractivity contribution >= 4 is 65.7 Å². The normalized spacial score (nSPS) is 9.24. The van der Waals surface area contributed by atoms with E-state index in [9.17, 15) is 33.6 Å². The highest BCUT2D eigenvalue weighted by Gasteiger charge is 2.16. The molecular weight excluding hydrogens is 818 g/mol. The topological polar surface area (TPSA) is 479 Å². The molecular formula is C30H55N3O26. The molecule has 0 atom stereocenters. The van der Waals surface area contributed by atoms with Crippen LogP contribution in [-0.2, 0) is 62.2 Å². The largest absolute Gasteiger partial charge is 0.481 e. The Morgan fingerprint density at radius 3 is 0.610 bits per heavy atom. The van der Waals surface area contributed by atoms with E-state index < -0.39 is 111 Å². The number of carboxylic acid groups (broad SMARTS) is 11. The van der Waals surface area contributed by atoms with Crippen LogP contribution in [0, 0.1) is 0 Å². The first-order valence-corrected chi connectivity index (χ1v) is 15.8. The smallest absolute Gasteiger partial charge is 0.317 e. The summed E-state index contributed by atoms with van der Waals surface area (Å²) in [5, 5.41) is 104. The van der Waals surface area contributed by atoms with Gasteiger partial charge in [0.1, 0.15) is 0 Å². The third kappa shape index (κ3) is 112. The Kier molecular flexibility index (Phi) is 55.1. The van der Waals surface area contributed by atoms with Crippen molar-refractivity contribution in [3.05, 3.63) is 0 Å². The van der Waals surface area contributed by atoms with Gasteiger partial charge in [-0.1, -0.05) is 0 Å². The Hall–Kier alpha value is -6.11. The molecule has 0 fully saturated rings. The summed E-state index contributed by atoms with van der Waals surface area (Å²) in [6.45, 7) is 1.50. The lowest BCUT2D eigenvalue weighted by molar-refractivity contribution is -0.146. The van der Waals surface area contributed by atoms with Gasteiger partial charge < -0.3 is 75.9 Å². The first kappa shape index (κ1) is 67.6. The molecule has 0 aromatic heterocycles. The maximum atomic E-state index is 10.6. The van der Waals surface area contributed by atoms with Gasteiger partial charge in [0.15, 0.2) is 0 Å². The van der Waals surface area contributed by atoms with E-state index >= 15 is 0 Å². The average molecular weight is 874 g/mol. The molecule has 0 rings (SSSR count). The van der Waals surface area contributed by atoms with Crippen LogP contribution in [0.25, 0.3) is 0 Å². The highest BCUT2D eigenvalue weighted by molar-refractivity contribution is 5.76. The lowest BCUT2D eigenvalue weighted by Gasteiger charge is -2.18. The molecule has 0 saturated carbocycles. The van der Waals surface area contributed by atoms with Crippen LogP contribution in [0.1, 0.15) is 27.7 Å². The van der Waals surface area contributed by atoms with E-state index in [1.165, 1.54) is 9.80 Å². The van der Waals surface area contributed by atoms with Crippen LogP contribution in [0.4, 0.5) is 0 Å². The van der Waals surface area contributed by atoms with Gasteiger partial charge in [-0.3, -0.25) is 67.4 Å². The quantitative estimate of drug-likeness (QED) is 0.0409. The average Bonchev–Trinajstić information content (AvgIpc) is 2.99. The van der Waals surface area contributed by atoms with Crippen LogP contribution in [0.5, 0.6) is 0 Å². The standard InChI is InChI=1S/C14H24N2O10.C6H9NO6.4C2H4O2.C2H6O2/c17-11(18)7-15(8-12(19)20)1-3-25-5-6-26-4-2-16(9-13(21)22)10-14(23)24;8-4(9)1-7(2-5(10)11)3-6(12)13;4*1-2(3)4;3-1-2-4/h1-10H2,(H,17,18)(H,19,20)(H,21,22)(H,23,24);1-3H2,(H,8,9)(H,10,11)(H,12,13);4*1H3,(H,3,4);3-4H,1-2H2. The molecule has 0 unspecified atom stereocenters. The van der Waals surface area contributed by atoms with Gasteiger partial charge in [-0.2, -0.15) is 0 Å². The minimum absolute atomic E-state index is 0.119. The van der Waals surface area contributed by atoms with Gasteiger partial charge in [-0.05, 0) is 0 Å². The Morgan fingerprint density at radius 2 is 0.475 bits per heavy atom. The number of aliphatic hydroxyl groups is 2. The molecule has 29 heteroatoms.